The van der Waals surface area contributed by atoms with Gasteiger partial charge >= 0.3 is 10.1 Å². The molecule has 3 aromatic rings. The van der Waals surface area contributed by atoms with Gasteiger partial charge in [0.05, 0.1) is 6.10 Å². The van der Waals surface area contributed by atoms with Crippen LogP contribution >= 0.6 is 0 Å². The molecule has 0 radical (unpaired) electrons. The summed E-state index contributed by atoms with van der Waals surface area (Å²) >= 11 is 0. The number of nitrogens with one attached hydrogen (secondary N) is 2. The van der Waals surface area contributed by atoms with Gasteiger partial charge in [-0.25, -0.2) is 5.48 Å². The molecule has 2 bridgehead atoms. The van der Waals surface area contributed by atoms with Crippen LogP contribution in [-0.2, 0) is 24.4 Å². The first-order chi connectivity index (χ1) is 20.7. The SMILES string of the molecule is O=C(CCCCCCC(=O)Nc1ccc(C2=C(c3ccc(O)cc3)C3CC(S(=O)(=O)Oc4ccccc4)C2O3)cc1)NO. The number of carbonyl (C=O) groups is 2. The normalized spacial score (nSPS) is 19.3. The van der Waals surface area contributed by atoms with E-state index in [0.29, 0.717) is 24.9 Å². The van der Waals surface area contributed by atoms with E-state index in [4.69, 9.17) is 14.1 Å². The predicted octanol–water partition coefficient (Wildman–Crippen LogP) is 5.04. The fourth-order valence-corrected chi connectivity index (χ4v) is 7.02. The van der Waals surface area contributed by atoms with Crippen molar-refractivity contribution in [3.05, 3.63) is 90.0 Å². The summed E-state index contributed by atoms with van der Waals surface area (Å²) in [6, 6.07) is 22.4. The van der Waals surface area contributed by atoms with Crippen molar-refractivity contribution in [1.29, 1.82) is 0 Å². The molecule has 226 valence electrons. The van der Waals surface area contributed by atoms with Crippen LogP contribution in [0.25, 0.3) is 11.1 Å². The van der Waals surface area contributed by atoms with Gasteiger partial charge in [-0.15, -0.1) is 0 Å². The number of aromatic hydroxyl groups is 1. The van der Waals surface area contributed by atoms with Crippen LogP contribution in [0.4, 0.5) is 5.69 Å². The Balaban J connectivity index is 1.30. The molecule has 0 spiro atoms. The molecule has 2 aliphatic heterocycles. The van der Waals surface area contributed by atoms with Gasteiger partial charge < -0.3 is 19.3 Å². The number of hydrogen-bond acceptors (Lipinski definition) is 8. The van der Waals surface area contributed by atoms with Gasteiger partial charge in [0.2, 0.25) is 11.8 Å². The van der Waals surface area contributed by atoms with Gasteiger partial charge in [-0.2, -0.15) is 8.42 Å². The van der Waals surface area contributed by atoms with Gasteiger partial charge in [0.1, 0.15) is 22.9 Å². The van der Waals surface area contributed by atoms with E-state index in [1.165, 1.54) is 0 Å². The number of para-hydroxylation sites is 1. The number of phenolic OH excluding ortho intramolecular Hbond substituents is 1. The third-order valence-electron chi connectivity index (χ3n) is 7.66. The summed E-state index contributed by atoms with van der Waals surface area (Å²) in [5.41, 5.74) is 5.41. The van der Waals surface area contributed by atoms with Crippen molar-refractivity contribution in [2.24, 2.45) is 0 Å². The molecular weight excluding hydrogens is 572 g/mol. The molecule has 4 N–H and O–H groups in total. The molecule has 1 saturated heterocycles. The highest BCUT2D eigenvalue weighted by Crippen LogP contribution is 2.51. The van der Waals surface area contributed by atoms with Gasteiger partial charge in [0.15, 0.2) is 0 Å². The summed E-state index contributed by atoms with van der Waals surface area (Å²) in [4.78, 5) is 23.5. The van der Waals surface area contributed by atoms with E-state index in [2.05, 4.69) is 5.32 Å². The minimum absolute atomic E-state index is 0.126. The van der Waals surface area contributed by atoms with Crippen LogP contribution in [0, 0.1) is 0 Å². The van der Waals surface area contributed by atoms with Crippen molar-refractivity contribution in [2.45, 2.75) is 62.4 Å². The monoisotopic (exact) mass is 606 g/mol. The third kappa shape index (κ3) is 7.24. The average molecular weight is 607 g/mol. The second kappa shape index (κ2) is 13.4. The Hall–Kier alpha value is -4.19. The number of benzene rings is 3. The lowest BCUT2D eigenvalue weighted by Gasteiger charge is -2.24. The smallest absolute Gasteiger partial charge is 0.315 e. The zero-order valence-corrected chi connectivity index (χ0v) is 24.3. The Kier molecular flexibility index (Phi) is 9.44. The van der Waals surface area contributed by atoms with E-state index in [-0.39, 0.29) is 30.2 Å². The summed E-state index contributed by atoms with van der Waals surface area (Å²) in [5, 5.41) is 20.3. The minimum atomic E-state index is -4.03. The number of ether oxygens (including phenoxy) is 1. The maximum absolute atomic E-state index is 13.4. The van der Waals surface area contributed by atoms with E-state index in [9.17, 15) is 23.1 Å². The van der Waals surface area contributed by atoms with Crippen LogP contribution in [0.3, 0.4) is 0 Å². The second-order valence-electron chi connectivity index (χ2n) is 10.7. The highest BCUT2D eigenvalue weighted by Gasteiger charge is 2.53. The summed E-state index contributed by atoms with van der Waals surface area (Å²) < 4.78 is 38.5. The molecular formula is C32H34N2O8S. The predicted molar refractivity (Wildman–Crippen MR) is 161 cm³/mol. The molecule has 5 rings (SSSR count). The minimum Gasteiger partial charge on any atom is -0.508 e. The molecule has 3 unspecified atom stereocenters. The number of amides is 2. The van der Waals surface area contributed by atoms with Crippen LogP contribution in [0.15, 0.2) is 78.9 Å². The number of fused-ring (bicyclic) bond motifs is 2. The lowest BCUT2D eigenvalue weighted by Crippen LogP contribution is -2.35. The van der Waals surface area contributed by atoms with Crippen molar-refractivity contribution in [2.75, 3.05) is 5.32 Å². The molecule has 3 aromatic carbocycles. The van der Waals surface area contributed by atoms with E-state index in [1.807, 2.05) is 12.1 Å². The molecule has 11 heteroatoms. The first kappa shape index (κ1) is 30.3. The van der Waals surface area contributed by atoms with E-state index in [1.54, 1.807) is 72.2 Å². The molecule has 43 heavy (non-hydrogen) atoms. The highest BCUT2D eigenvalue weighted by molar-refractivity contribution is 7.87. The molecule has 1 fully saturated rings. The second-order valence-corrected chi connectivity index (χ2v) is 12.4. The van der Waals surface area contributed by atoms with Crippen molar-refractivity contribution in [3.8, 4) is 11.5 Å². The topological polar surface area (TPSA) is 151 Å². The maximum Gasteiger partial charge on any atom is 0.315 e. The Labute approximate surface area is 250 Å². The fourth-order valence-electron chi connectivity index (χ4n) is 5.60. The van der Waals surface area contributed by atoms with Crippen LogP contribution in [0.1, 0.15) is 56.1 Å². The molecule has 2 heterocycles. The van der Waals surface area contributed by atoms with Gasteiger partial charge in [-0.05, 0) is 71.5 Å². The summed E-state index contributed by atoms with van der Waals surface area (Å²) in [7, 11) is -4.03. The summed E-state index contributed by atoms with van der Waals surface area (Å²) in [6.45, 7) is 0. The quantitative estimate of drug-likeness (QED) is 0.0915. The van der Waals surface area contributed by atoms with Crippen LogP contribution in [-0.4, -0.2) is 48.0 Å². The lowest BCUT2D eigenvalue weighted by atomic mass is 9.83. The molecule has 2 amide bonds. The number of anilines is 1. The Morgan fingerprint density at radius 2 is 1.42 bits per heavy atom. The average Bonchev–Trinajstić information content (AvgIpc) is 3.60. The molecule has 3 atom stereocenters. The van der Waals surface area contributed by atoms with Crippen LogP contribution < -0.4 is 15.0 Å². The molecule has 0 aromatic heterocycles. The van der Waals surface area contributed by atoms with Crippen LogP contribution in [0.2, 0.25) is 0 Å². The molecule has 10 nitrogen and oxygen atoms in total. The number of hydrogen-bond donors (Lipinski definition) is 4. The van der Waals surface area contributed by atoms with E-state index < -0.39 is 33.5 Å². The summed E-state index contributed by atoms with van der Waals surface area (Å²) in [5.74, 6) is -0.177. The number of rotatable bonds is 13. The Bertz CT molecular complexity index is 1570. The van der Waals surface area contributed by atoms with Gasteiger partial charge in [0, 0.05) is 24.9 Å². The first-order valence-corrected chi connectivity index (χ1v) is 15.7. The molecule has 2 aliphatic rings. The summed E-state index contributed by atoms with van der Waals surface area (Å²) in [6.07, 6.45) is 2.49. The van der Waals surface area contributed by atoms with Gasteiger partial charge in [-0.1, -0.05) is 55.3 Å². The molecule has 0 saturated carbocycles. The van der Waals surface area contributed by atoms with Crippen LogP contribution in [0.5, 0.6) is 11.5 Å². The largest absolute Gasteiger partial charge is 0.508 e. The third-order valence-corrected chi connectivity index (χ3v) is 9.26. The first-order valence-electron chi connectivity index (χ1n) is 14.3. The van der Waals surface area contributed by atoms with Crippen molar-refractivity contribution in [1.82, 2.24) is 5.48 Å². The Morgan fingerprint density at radius 1 is 0.814 bits per heavy atom. The lowest BCUT2D eigenvalue weighted by molar-refractivity contribution is -0.129. The Morgan fingerprint density at radius 3 is 2.07 bits per heavy atom. The number of hydroxylamine groups is 1. The fraction of sp³-hybridized carbons (Fsp3) is 0.312. The van der Waals surface area contributed by atoms with E-state index in [0.717, 1.165) is 35.1 Å². The van der Waals surface area contributed by atoms with Crippen molar-refractivity contribution >= 4 is 38.8 Å². The zero-order chi connectivity index (χ0) is 30.4. The van der Waals surface area contributed by atoms with Crippen molar-refractivity contribution < 1.29 is 37.2 Å². The number of carbonyl (C=O) groups excluding carboxylic acids is 2. The number of unbranched alkanes of at least 4 members (excludes halogenated alkanes) is 3. The molecule has 0 aliphatic carbocycles. The highest BCUT2D eigenvalue weighted by atomic mass is 32.2. The standard InChI is InChI=1S/C32H34N2O8S/c35-24-18-14-21(15-19-24)30-26-20-27(43(39,40)42-25-8-4-3-5-9-25)32(41-26)31(30)22-12-16-23(17-13-22)33-28(36)10-6-1-2-7-11-29(37)34-38/h3-5,8-9,12-19,26-27,32,35,38H,1-2,6-7,10-11,20H2,(H,33,36)(H,34,37). The van der Waals surface area contributed by atoms with E-state index >= 15 is 0 Å². The number of phenols is 1. The van der Waals surface area contributed by atoms with Gasteiger partial charge in [-0.3, -0.25) is 14.8 Å². The maximum atomic E-state index is 13.4. The van der Waals surface area contributed by atoms with Gasteiger partial charge in [0.25, 0.3) is 0 Å². The van der Waals surface area contributed by atoms with Crippen molar-refractivity contribution in [3.63, 3.8) is 0 Å². The zero-order valence-electron chi connectivity index (χ0n) is 23.4.